The first kappa shape index (κ1) is 14.5. The highest BCUT2D eigenvalue weighted by Gasteiger charge is 2.24. The van der Waals surface area contributed by atoms with Gasteiger partial charge >= 0.3 is 0 Å². The van der Waals surface area contributed by atoms with Crippen molar-refractivity contribution in [1.29, 1.82) is 5.41 Å². The summed E-state index contributed by atoms with van der Waals surface area (Å²) >= 11 is 0. The predicted octanol–water partition coefficient (Wildman–Crippen LogP) is 1.84. The molecule has 17 heavy (non-hydrogen) atoms. The van der Waals surface area contributed by atoms with Gasteiger partial charge in [0.1, 0.15) is 0 Å². The molecule has 4 nitrogen and oxygen atoms in total. The van der Waals surface area contributed by atoms with Crippen LogP contribution in [-0.4, -0.2) is 43.6 Å². The molecule has 1 rings (SSSR count). The minimum atomic E-state index is 0.288. The molecule has 4 heteroatoms. The van der Waals surface area contributed by atoms with Gasteiger partial charge in [0.25, 0.3) is 0 Å². The van der Waals surface area contributed by atoms with E-state index in [4.69, 9.17) is 15.9 Å². The van der Waals surface area contributed by atoms with Crippen LogP contribution in [0.25, 0.3) is 0 Å². The number of ether oxygens (including phenoxy) is 1. The number of nitrogens with one attached hydrogen (secondary N) is 1. The van der Waals surface area contributed by atoms with Crippen molar-refractivity contribution in [3.8, 4) is 0 Å². The third-order valence-electron chi connectivity index (χ3n) is 3.68. The lowest BCUT2D eigenvalue weighted by Crippen LogP contribution is -2.42. The smallest absolute Gasteiger partial charge is 0.0918 e. The standard InChI is InChI=1S/C13H27N3O/c1-11-4-3-5-12(10-11)16(8-9-17-2)7-6-13(14)15/h11-12H,3-10H2,1-2H3,(H3,14,15). The van der Waals surface area contributed by atoms with Crippen LogP contribution in [0.5, 0.6) is 0 Å². The summed E-state index contributed by atoms with van der Waals surface area (Å²) in [4.78, 5) is 2.46. The molecular weight excluding hydrogens is 214 g/mol. The van der Waals surface area contributed by atoms with E-state index in [0.717, 1.165) is 25.6 Å². The first-order chi connectivity index (χ1) is 8.13. The van der Waals surface area contributed by atoms with E-state index in [-0.39, 0.29) is 5.84 Å². The van der Waals surface area contributed by atoms with Crippen LogP contribution in [0.3, 0.4) is 0 Å². The molecule has 1 saturated carbocycles. The number of nitrogens with zero attached hydrogens (tertiary/aromatic N) is 1. The van der Waals surface area contributed by atoms with Gasteiger partial charge < -0.3 is 10.5 Å². The molecule has 3 N–H and O–H groups in total. The largest absolute Gasteiger partial charge is 0.388 e. The number of hydrogen-bond acceptors (Lipinski definition) is 3. The molecule has 2 unspecified atom stereocenters. The van der Waals surface area contributed by atoms with E-state index < -0.39 is 0 Å². The summed E-state index contributed by atoms with van der Waals surface area (Å²) in [6.45, 7) is 4.96. The van der Waals surface area contributed by atoms with Crippen molar-refractivity contribution < 1.29 is 4.74 Å². The lowest BCUT2D eigenvalue weighted by atomic mass is 9.86. The van der Waals surface area contributed by atoms with E-state index >= 15 is 0 Å². The second kappa shape index (κ2) is 7.67. The molecule has 1 aliphatic carbocycles. The minimum Gasteiger partial charge on any atom is -0.388 e. The number of methoxy groups -OCH3 is 1. The molecule has 0 aromatic carbocycles. The summed E-state index contributed by atoms with van der Waals surface area (Å²) in [6, 6.07) is 0.660. The molecule has 0 aliphatic heterocycles. The van der Waals surface area contributed by atoms with Crippen LogP contribution in [0, 0.1) is 11.3 Å². The van der Waals surface area contributed by atoms with Gasteiger partial charge in [0.2, 0.25) is 0 Å². The zero-order valence-corrected chi connectivity index (χ0v) is 11.2. The van der Waals surface area contributed by atoms with Crippen LogP contribution in [-0.2, 0) is 4.74 Å². The second-order valence-corrected chi connectivity index (χ2v) is 5.23. The van der Waals surface area contributed by atoms with Crippen molar-refractivity contribution in [2.45, 2.75) is 45.1 Å². The molecule has 1 aliphatic rings. The summed E-state index contributed by atoms with van der Waals surface area (Å²) in [5.41, 5.74) is 5.45. The Morgan fingerprint density at radius 3 is 2.76 bits per heavy atom. The molecule has 0 amide bonds. The molecule has 1 fully saturated rings. The molecule has 0 spiro atoms. The zero-order valence-electron chi connectivity index (χ0n) is 11.2. The maximum atomic E-state index is 7.34. The molecule has 0 aromatic rings. The Kier molecular flexibility index (Phi) is 6.52. The van der Waals surface area contributed by atoms with Crippen LogP contribution in [0.15, 0.2) is 0 Å². The fourth-order valence-electron chi connectivity index (χ4n) is 2.68. The molecule has 0 radical (unpaired) electrons. The summed E-state index contributed by atoms with van der Waals surface area (Å²) in [7, 11) is 1.74. The Labute approximate surface area is 105 Å². The highest BCUT2D eigenvalue weighted by atomic mass is 16.5. The normalized spacial score (nSPS) is 25.1. The van der Waals surface area contributed by atoms with Crippen LogP contribution >= 0.6 is 0 Å². The van der Waals surface area contributed by atoms with Gasteiger partial charge in [-0.05, 0) is 18.8 Å². The number of hydrogen-bond donors (Lipinski definition) is 2. The van der Waals surface area contributed by atoms with Gasteiger partial charge in [0.05, 0.1) is 12.4 Å². The number of rotatable bonds is 7. The lowest BCUT2D eigenvalue weighted by Gasteiger charge is -2.36. The van der Waals surface area contributed by atoms with Gasteiger partial charge in [-0.25, -0.2) is 0 Å². The van der Waals surface area contributed by atoms with Crippen LogP contribution in [0.1, 0.15) is 39.0 Å². The van der Waals surface area contributed by atoms with E-state index in [0.29, 0.717) is 12.5 Å². The molecule has 2 atom stereocenters. The molecule has 0 aromatic heterocycles. The maximum Gasteiger partial charge on any atom is 0.0918 e. The van der Waals surface area contributed by atoms with Gasteiger partial charge in [-0.2, -0.15) is 0 Å². The average Bonchev–Trinajstić information content (AvgIpc) is 2.29. The topological polar surface area (TPSA) is 62.3 Å². The van der Waals surface area contributed by atoms with Crippen molar-refractivity contribution in [2.75, 3.05) is 26.8 Å². The summed E-state index contributed by atoms with van der Waals surface area (Å²) in [6.07, 6.45) is 5.93. The number of nitrogens with two attached hydrogens (primary N) is 1. The SMILES string of the molecule is COCCN(CCC(=N)N)C1CCCC(C)C1. The van der Waals surface area contributed by atoms with Gasteiger partial charge in [-0.3, -0.25) is 10.3 Å². The van der Waals surface area contributed by atoms with E-state index in [1.54, 1.807) is 7.11 Å². The van der Waals surface area contributed by atoms with Crippen molar-refractivity contribution in [1.82, 2.24) is 4.90 Å². The quantitative estimate of drug-likeness (QED) is 0.528. The van der Waals surface area contributed by atoms with Crippen LogP contribution < -0.4 is 5.73 Å². The Balaban J connectivity index is 2.44. The fraction of sp³-hybridized carbons (Fsp3) is 0.923. The van der Waals surface area contributed by atoms with Crippen molar-refractivity contribution in [2.24, 2.45) is 11.7 Å². The van der Waals surface area contributed by atoms with E-state index in [9.17, 15) is 0 Å². The summed E-state index contributed by atoms with van der Waals surface area (Å²) in [5, 5.41) is 7.34. The molecule has 0 bridgehead atoms. The molecule has 0 saturated heterocycles. The third kappa shape index (κ3) is 5.50. The highest BCUT2D eigenvalue weighted by molar-refractivity contribution is 5.76. The molecule has 0 heterocycles. The third-order valence-corrected chi connectivity index (χ3v) is 3.68. The first-order valence-electron chi connectivity index (χ1n) is 6.69. The van der Waals surface area contributed by atoms with Crippen molar-refractivity contribution in [3.63, 3.8) is 0 Å². The maximum absolute atomic E-state index is 7.34. The van der Waals surface area contributed by atoms with E-state index in [1.807, 2.05) is 0 Å². The first-order valence-corrected chi connectivity index (χ1v) is 6.69. The van der Waals surface area contributed by atoms with Crippen molar-refractivity contribution >= 4 is 5.84 Å². The number of amidine groups is 1. The molecular formula is C13H27N3O. The van der Waals surface area contributed by atoms with Crippen LogP contribution in [0.2, 0.25) is 0 Å². The minimum absolute atomic E-state index is 0.288. The summed E-state index contributed by atoms with van der Waals surface area (Å²) in [5.74, 6) is 1.12. The average molecular weight is 241 g/mol. The zero-order chi connectivity index (χ0) is 12.7. The lowest BCUT2D eigenvalue weighted by molar-refractivity contribution is 0.0935. The van der Waals surface area contributed by atoms with E-state index in [1.165, 1.54) is 25.7 Å². The monoisotopic (exact) mass is 241 g/mol. The second-order valence-electron chi connectivity index (χ2n) is 5.23. The van der Waals surface area contributed by atoms with Gasteiger partial charge in [0.15, 0.2) is 0 Å². The van der Waals surface area contributed by atoms with Gasteiger partial charge in [0, 0.05) is 32.7 Å². The van der Waals surface area contributed by atoms with Crippen molar-refractivity contribution in [3.05, 3.63) is 0 Å². The Hall–Kier alpha value is -0.610. The molecule has 100 valence electrons. The Morgan fingerprint density at radius 1 is 1.41 bits per heavy atom. The predicted molar refractivity (Wildman–Crippen MR) is 71.4 cm³/mol. The van der Waals surface area contributed by atoms with Gasteiger partial charge in [-0.1, -0.05) is 19.8 Å². The van der Waals surface area contributed by atoms with E-state index in [2.05, 4.69) is 11.8 Å². The van der Waals surface area contributed by atoms with Crippen LogP contribution in [0.4, 0.5) is 0 Å². The highest BCUT2D eigenvalue weighted by Crippen LogP contribution is 2.27. The van der Waals surface area contributed by atoms with Gasteiger partial charge in [-0.15, -0.1) is 0 Å². The Morgan fingerprint density at radius 2 is 2.18 bits per heavy atom. The fourth-order valence-corrected chi connectivity index (χ4v) is 2.68. The Bertz CT molecular complexity index is 233. The summed E-state index contributed by atoms with van der Waals surface area (Å²) < 4.78 is 5.17.